The number of aromatic carboxylic acids is 1. The van der Waals surface area contributed by atoms with E-state index < -0.39 is 5.97 Å². The lowest BCUT2D eigenvalue weighted by atomic mass is 10.0. The molecule has 0 aliphatic carbocycles. The molecule has 3 aromatic carbocycles. The van der Waals surface area contributed by atoms with Gasteiger partial charge in [0.05, 0.1) is 29.3 Å². The average Bonchev–Trinajstić information content (AvgIpc) is 2.77. The van der Waals surface area contributed by atoms with E-state index in [1.165, 1.54) is 5.56 Å². The van der Waals surface area contributed by atoms with Gasteiger partial charge >= 0.3 is 5.97 Å². The van der Waals surface area contributed by atoms with E-state index in [4.69, 9.17) is 5.11 Å². The van der Waals surface area contributed by atoms with Crippen molar-refractivity contribution in [1.82, 2.24) is 9.55 Å². The van der Waals surface area contributed by atoms with Crippen LogP contribution in [0.2, 0.25) is 0 Å². The first-order valence-electron chi connectivity index (χ1n) is 9.94. The Hall–Kier alpha value is -3.73. The summed E-state index contributed by atoms with van der Waals surface area (Å²) in [4.78, 5) is 28.4. The molecule has 30 heavy (non-hydrogen) atoms. The number of aromatic nitrogens is 2. The summed E-state index contributed by atoms with van der Waals surface area (Å²) in [6, 6.07) is 22.8. The van der Waals surface area contributed by atoms with Crippen molar-refractivity contribution in [3.8, 4) is 0 Å². The molecule has 4 rings (SSSR count). The highest BCUT2D eigenvalue weighted by Crippen LogP contribution is 2.14. The van der Waals surface area contributed by atoms with Gasteiger partial charge in [0.15, 0.2) is 0 Å². The molecule has 0 saturated heterocycles. The Morgan fingerprint density at radius 1 is 0.867 bits per heavy atom. The Kier molecular flexibility index (Phi) is 5.70. The monoisotopic (exact) mass is 398 g/mol. The zero-order valence-corrected chi connectivity index (χ0v) is 16.5. The number of nitrogens with zero attached hydrogens (tertiary/aromatic N) is 2. The van der Waals surface area contributed by atoms with Crippen LogP contribution < -0.4 is 5.56 Å². The van der Waals surface area contributed by atoms with Gasteiger partial charge in [-0.15, -0.1) is 0 Å². The summed E-state index contributed by atoms with van der Waals surface area (Å²) in [6.45, 7) is 0.347. The second-order valence-electron chi connectivity index (χ2n) is 7.37. The molecule has 0 radical (unpaired) electrons. The zero-order chi connectivity index (χ0) is 20.9. The highest BCUT2D eigenvalue weighted by Gasteiger charge is 2.07. The fourth-order valence-electron chi connectivity index (χ4n) is 3.56. The maximum absolute atomic E-state index is 13.0. The summed E-state index contributed by atoms with van der Waals surface area (Å²) in [5.74, 6) is -0.967. The van der Waals surface area contributed by atoms with Gasteiger partial charge in [0.25, 0.3) is 5.56 Å². The van der Waals surface area contributed by atoms with Crippen LogP contribution in [0.25, 0.3) is 10.9 Å². The van der Waals surface area contributed by atoms with E-state index in [9.17, 15) is 9.59 Å². The molecule has 4 aromatic rings. The summed E-state index contributed by atoms with van der Waals surface area (Å²) < 4.78 is 1.56. The Balaban J connectivity index is 1.52. The Morgan fingerprint density at radius 3 is 2.30 bits per heavy atom. The lowest BCUT2D eigenvalue weighted by molar-refractivity contribution is 0.0697. The third-order valence-electron chi connectivity index (χ3n) is 5.22. The molecule has 0 aliphatic heterocycles. The molecule has 5 nitrogen and oxygen atoms in total. The number of carboxylic acid groups (broad SMARTS) is 1. The number of hydrogen-bond acceptors (Lipinski definition) is 3. The summed E-state index contributed by atoms with van der Waals surface area (Å²) >= 11 is 0. The van der Waals surface area contributed by atoms with Crippen LogP contribution in [0.1, 0.15) is 33.5 Å². The Morgan fingerprint density at radius 2 is 1.57 bits per heavy atom. The van der Waals surface area contributed by atoms with Gasteiger partial charge in [0, 0.05) is 0 Å². The molecule has 0 bridgehead atoms. The molecule has 1 N–H and O–H groups in total. The van der Waals surface area contributed by atoms with Crippen LogP contribution in [-0.2, 0) is 19.4 Å². The van der Waals surface area contributed by atoms with Crippen LogP contribution in [-0.4, -0.2) is 20.6 Å². The second-order valence-corrected chi connectivity index (χ2v) is 7.37. The molecule has 5 heteroatoms. The molecule has 0 fully saturated rings. The van der Waals surface area contributed by atoms with Crippen LogP contribution >= 0.6 is 0 Å². The van der Waals surface area contributed by atoms with Crippen LogP contribution in [0, 0.1) is 0 Å². The van der Waals surface area contributed by atoms with E-state index >= 15 is 0 Å². The highest BCUT2D eigenvalue weighted by atomic mass is 16.4. The third kappa shape index (κ3) is 4.46. The maximum Gasteiger partial charge on any atom is 0.335 e. The standard InChI is InChI=1S/C25H22N2O3/c28-24-22-15-19(8-4-7-18-5-2-1-3-6-18)11-14-23(22)26-17-27(24)16-20-9-12-21(13-10-20)25(29)30/h1-3,5-6,9-15,17H,4,7-8,16H2,(H,29,30). The lowest BCUT2D eigenvalue weighted by Gasteiger charge is -2.09. The van der Waals surface area contributed by atoms with E-state index in [-0.39, 0.29) is 11.1 Å². The predicted octanol–water partition coefficient (Wildman–Crippen LogP) is 4.32. The normalized spacial score (nSPS) is 10.9. The van der Waals surface area contributed by atoms with Gasteiger partial charge in [0.2, 0.25) is 0 Å². The molecule has 1 aromatic heterocycles. The van der Waals surface area contributed by atoms with E-state index in [1.807, 2.05) is 24.3 Å². The number of benzene rings is 3. The summed E-state index contributed by atoms with van der Waals surface area (Å²) in [5.41, 5.74) is 4.11. The summed E-state index contributed by atoms with van der Waals surface area (Å²) in [7, 11) is 0. The SMILES string of the molecule is O=C(O)c1ccc(Cn2cnc3ccc(CCCc4ccccc4)cc3c2=O)cc1. The van der Waals surface area contributed by atoms with Crippen molar-refractivity contribution in [2.75, 3.05) is 0 Å². The van der Waals surface area contributed by atoms with Gasteiger partial charge in [-0.05, 0) is 60.2 Å². The molecule has 0 amide bonds. The van der Waals surface area contributed by atoms with Crippen molar-refractivity contribution < 1.29 is 9.90 Å². The van der Waals surface area contributed by atoms with Crippen LogP contribution in [0.15, 0.2) is 83.9 Å². The Labute approximate surface area is 174 Å². The predicted molar refractivity (Wildman–Crippen MR) is 117 cm³/mol. The minimum absolute atomic E-state index is 0.0905. The zero-order valence-electron chi connectivity index (χ0n) is 16.5. The van der Waals surface area contributed by atoms with Gasteiger partial charge in [-0.25, -0.2) is 9.78 Å². The first-order chi connectivity index (χ1) is 14.6. The van der Waals surface area contributed by atoms with Gasteiger partial charge in [-0.2, -0.15) is 0 Å². The summed E-state index contributed by atoms with van der Waals surface area (Å²) in [5, 5.41) is 9.62. The fraction of sp³-hybridized carbons (Fsp3) is 0.160. The number of aryl methyl sites for hydroxylation is 2. The molecule has 0 aliphatic rings. The van der Waals surface area contributed by atoms with Crippen molar-refractivity contribution in [2.24, 2.45) is 0 Å². The highest BCUT2D eigenvalue weighted by molar-refractivity contribution is 5.87. The molecule has 1 heterocycles. The Bertz CT molecular complexity index is 1230. The van der Waals surface area contributed by atoms with E-state index in [0.717, 1.165) is 30.4 Å². The van der Waals surface area contributed by atoms with Crippen molar-refractivity contribution in [3.63, 3.8) is 0 Å². The first-order valence-corrected chi connectivity index (χ1v) is 9.94. The number of hydrogen-bond donors (Lipinski definition) is 1. The minimum Gasteiger partial charge on any atom is -0.478 e. The quantitative estimate of drug-likeness (QED) is 0.503. The summed E-state index contributed by atoms with van der Waals surface area (Å²) in [6.07, 6.45) is 4.46. The molecular weight excluding hydrogens is 376 g/mol. The molecule has 0 unspecified atom stereocenters. The van der Waals surface area contributed by atoms with E-state index in [2.05, 4.69) is 29.2 Å². The van der Waals surface area contributed by atoms with Gasteiger partial charge in [-0.1, -0.05) is 48.5 Å². The molecule has 0 saturated carbocycles. The fourth-order valence-corrected chi connectivity index (χ4v) is 3.56. The smallest absolute Gasteiger partial charge is 0.335 e. The number of fused-ring (bicyclic) bond motifs is 1. The largest absolute Gasteiger partial charge is 0.478 e. The van der Waals surface area contributed by atoms with Gasteiger partial charge in [-0.3, -0.25) is 9.36 Å². The number of rotatable bonds is 7. The number of carbonyl (C=O) groups is 1. The molecule has 150 valence electrons. The van der Waals surface area contributed by atoms with Crippen LogP contribution in [0.4, 0.5) is 0 Å². The average molecular weight is 398 g/mol. The number of carboxylic acids is 1. The second kappa shape index (κ2) is 8.74. The van der Waals surface area contributed by atoms with Gasteiger partial charge in [0.1, 0.15) is 0 Å². The van der Waals surface area contributed by atoms with Crippen molar-refractivity contribution in [1.29, 1.82) is 0 Å². The first kappa shape index (κ1) is 19.6. The topological polar surface area (TPSA) is 72.2 Å². The van der Waals surface area contributed by atoms with Crippen LogP contribution in [0.3, 0.4) is 0 Å². The molecule has 0 atom stereocenters. The van der Waals surface area contributed by atoms with E-state index in [1.54, 1.807) is 35.2 Å². The third-order valence-corrected chi connectivity index (χ3v) is 5.22. The maximum atomic E-state index is 13.0. The molecular formula is C25H22N2O3. The van der Waals surface area contributed by atoms with E-state index in [0.29, 0.717) is 17.4 Å². The minimum atomic E-state index is -0.967. The van der Waals surface area contributed by atoms with Gasteiger partial charge < -0.3 is 5.11 Å². The van der Waals surface area contributed by atoms with Crippen molar-refractivity contribution >= 4 is 16.9 Å². The van der Waals surface area contributed by atoms with Crippen molar-refractivity contribution in [3.05, 3.63) is 112 Å². The lowest BCUT2D eigenvalue weighted by Crippen LogP contribution is -2.21. The molecule has 0 spiro atoms. The van der Waals surface area contributed by atoms with Crippen LogP contribution in [0.5, 0.6) is 0 Å². The van der Waals surface area contributed by atoms with Crippen molar-refractivity contribution in [2.45, 2.75) is 25.8 Å².